The van der Waals surface area contributed by atoms with Gasteiger partial charge in [-0.3, -0.25) is 4.79 Å². The average Bonchev–Trinajstić information content (AvgIpc) is 2.94. The molecular formula is C11H11NO4S2. The fourth-order valence-electron chi connectivity index (χ4n) is 1.37. The second-order valence-corrected chi connectivity index (χ2v) is 5.54. The van der Waals surface area contributed by atoms with Crippen molar-refractivity contribution in [3.05, 3.63) is 22.4 Å². The Balaban J connectivity index is 1.96. The third kappa shape index (κ3) is 2.69. The van der Waals surface area contributed by atoms with Gasteiger partial charge in [-0.25, -0.2) is 4.79 Å². The highest BCUT2D eigenvalue weighted by Crippen LogP contribution is 2.29. The van der Waals surface area contributed by atoms with E-state index in [0.717, 1.165) is 9.40 Å². The molecule has 7 heteroatoms. The molecule has 2 rings (SSSR count). The Bertz CT molecular complexity index is 546. The number of amides is 1. The van der Waals surface area contributed by atoms with E-state index >= 15 is 0 Å². The van der Waals surface area contributed by atoms with Crippen molar-refractivity contribution in [2.45, 2.75) is 6.10 Å². The van der Waals surface area contributed by atoms with E-state index in [2.05, 4.69) is 10.1 Å². The Morgan fingerprint density at radius 2 is 2.28 bits per heavy atom. The lowest BCUT2D eigenvalue weighted by molar-refractivity contribution is -0.149. The number of fused-ring (bicyclic) bond motifs is 1. The van der Waals surface area contributed by atoms with Crippen molar-refractivity contribution >= 4 is 43.9 Å². The Hall–Kier alpha value is -1.44. The molecule has 18 heavy (non-hydrogen) atoms. The minimum Gasteiger partial charge on any atom is -0.467 e. The molecule has 2 N–H and O–H groups in total. The van der Waals surface area contributed by atoms with Gasteiger partial charge in [-0.15, -0.1) is 22.7 Å². The van der Waals surface area contributed by atoms with E-state index in [1.54, 1.807) is 17.4 Å². The maximum absolute atomic E-state index is 11.8. The van der Waals surface area contributed by atoms with E-state index in [1.165, 1.54) is 18.4 Å². The first-order chi connectivity index (χ1) is 8.61. The normalized spacial score (nSPS) is 12.3. The van der Waals surface area contributed by atoms with Gasteiger partial charge in [0.1, 0.15) is 0 Å². The summed E-state index contributed by atoms with van der Waals surface area (Å²) < 4.78 is 6.46. The fraction of sp³-hybridized carbons (Fsp3) is 0.273. The van der Waals surface area contributed by atoms with Crippen molar-refractivity contribution in [3.8, 4) is 0 Å². The van der Waals surface area contributed by atoms with Gasteiger partial charge in [-0.05, 0) is 17.5 Å². The molecule has 0 saturated carbocycles. The molecule has 5 nitrogen and oxygen atoms in total. The van der Waals surface area contributed by atoms with Gasteiger partial charge in [0.2, 0.25) is 0 Å². The van der Waals surface area contributed by atoms with E-state index < -0.39 is 12.1 Å². The summed E-state index contributed by atoms with van der Waals surface area (Å²) in [4.78, 5) is 23.3. The highest BCUT2D eigenvalue weighted by molar-refractivity contribution is 7.27. The van der Waals surface area contributed by atoms with Gasteiger partial charge in [0, 0.05) is 9.40 Å². The van der Waals surface area contributed by atoms with Gasteiger partial charge < -0.3 is 15.2 Å². The van der Waals surface area contributed by atoms with Crippen molar-refractivity contribution in [1.82, 2.24) is 5.32 Å². The molecule has 0 aliphatic rings. The van der Waals surface area contributed by atoms with Crippen LogP contribution in [0.4, 0.5) is 0 Å². The van der Waals surface area contributed by atoms with Crippen LogP contribution < -0.4 is 5.32 Å². The average molecular weight is 285 g/mol. The predicted molar refractivity (Wildman–Crippen MR) is 70.1 cm³/mol. The highest BCUT2D eigenvalue weighted by atomic mass is 32.1. The number of thiophene rings is 2. The molecule has 2 aromatic heterocycles. The number of carbonyl (C=O) groups is 2. The van der Waals surface area contributed by atoms with Crippen LogP contribution in [0.2, 0.25) is 0 Å². The van der Waals surface area contributed by atoms with Gasteiger partial charge in [0.25, 0.3) is 5.91 Å². The molecule has 0 spiro atoms. The molecule has 0 radical (unpaired) electrons. The van der Waals surface area contributed by atoms with E-state index in [-0.39, 0.29) is 12.5 Å². The first kappa shape index (κ1) is 13.0. The standard InChI is InChI=1S/C11H11NO4S2/c1-16-11(15)6(13)5-12-10(14)9-4-8-7(18-9)2-3-17-8/h2-4,6,13H,5H2,1H3,(H,12,14). The number of aliphatic hydroxyl groups is 1. The Morgan fingerprint density at radius 3 is 2.94 bits per heavy atom. The van der Waals surface area contributed by atoms with E-state index in [1.807, 2.05) is 11.4 Å². The minimum absolute atomic E-state index is 0.156. The Morgan fingerprint density at radius 1 is 1.50 bits per heavy atom. The lowest BCUT2D eigenvalue weighted by atomic mass is 10.3. The van der Waals surface area contributed by atoms with Crippen LogP contribution in [0, 0.1) is 0 Å². The second kappa shape index (κ2) is 5.47. The summed E-state index contributed by atoms with van der Waals surface area (Å²) in [7, 11) is 1.18. The van der Waals surface area contributed by atoms with E-state index in [9.17, 15) is 14.7 Å². The molecule has 2 aromatic rings. The number of ether oxygens (including phenoxy) is 1. The SMILES string of the molecule is COC(=O)C(O)CNC(=O)c1cc2sccc2s1. The van der Waals surface area contributed by atoms with Gasteiger partial charge in [0.05, 0.1) is 18.5 Å². The summed E-state index contributed by atoms with van der Waals surface area (Å²) in [6.45, 7) is -0.156. The van der Waals surface area contributed by atoms with E-state index in [0.29, 0.717) is 4.88 Å². The van der Waals surface area contributed by atoms with Crippen molar-refractivity contribution in [2.24, 2.45) is 0 Å². The van der Waals surface area contributed by atoms with Crippen LogP contribution in [0.5, 0.6) is 0 Å². The molecule has 96 valence electrons. The number of aliphatic hydroxyl groups excluding tert-OH is 1. The number of hydrogen-bond donors (Lipinski definition) is 2. The monoisotopic (exact) mass is 285 g/mol. The van der Waals surface area contributed by atoms with Crippen LogP contribution in [0.1, 0.15) is 9.67 Å². The topological polar surface area (TPSA) is 75.6 Å². The highest BCUT2D eigenvalue weighted by Gasteiger charge is 2.17. The zero-order valence-corrected chi connectivity index (χ0v) is 11.1. The summed E-state index contributed by atoms with van der Waals surface area (Å²) >= 11 is 2.94. The quantitative estimate of drug-likeness (QED) is 0.828. The molecule has 0 aliphatic heterocycles. The lowest BCUT2D eigenvalue weighted by Crippen LogP contribution is -2.36. The first-order valence-corrected chi connectivity index (χ1v) is 6.82. The van der Waals surface area contributed by atoms with Gasteiger partial charge >= 0.3 is 5.97 Å². The molecule has 0 fully saturated rings. The molecule has 2 heterocycles. The third-order valence-corrected chi connectivity index (χ3v) is 4.38. The molecule has 0 saturated heterocycles. The summed E-state index contributed by atoms with van der Waals surface area (Å²) in [6.07, 6.45) is -1.33. The molecule has 0 bridgehead atoms. The van der Waals surface area contributed by atoms with Crippen LogP contribution >= 0.6 is 22.7 Å². The molecule has 1 unspecified atom stereocenters. The Labute approximate surface area is 111 Å². The van der Waals surface area contributed by atoms with Crippen LogP contribution in [-0.4, -0.2) is 36.7 Å². The van der Waals surface area contributed by atoms with E-state index in [4.69, 9.17) is 0 Å². The predicted octanol–water partition coefficient (Wildman–Crippen LogP) is 1.23. The number of carbonyl (C=O) groups excluding carboxylic acids is 2. The third-order valence-electron chi connectivity index (χ3n) is 2.29. The molecule has 1 amide bonds. The van der Waals surface area contributed by atoms with Gasteiger partial charge in [0.15, 0.2) is 6.10 Å². The number of hydrogen-bond acceptors (Lipinski definition) is 6. The molecule has 1 atom stereocenters. The number of rotatable bonds is 4. The van der Waals surface area contributed by atoms with Crippen molar-refractivity contribution in [3.63, 3.8) is 0 Å². The summed E-state index contributed by atoms with van der Waals surface area (Å²) in [5.41, 5.74) is 0. The van der Waals surface area contributed by atoms with Crippen molar-refractivity contribution < 1.29 is 19.4 Å². The summed E-state index contributed by atoms with van der Waals surface area (Å²) in [5.74, 6) is -1.06. The largest absolute Gasteiger partial charge is 0.467 e. The molecule has 0 aliphatic carbocycles. The molecular weight excluding hydrogens is 274 g/mol. The summed E-state index contributed by atoms with van der Waals surface area (Å²) in [6, 6.07) is 3.75. The number of esters is 1. The van der Waals surface area contributed by atoms with Gasteiger partial charge in [-0.1, -0.05) is 0 Å². The zero-order valence-electron chi connectivity index (χ0n) is 9.50. The molecule has 0 aromatic carbocycles. The Kier molecular flexibility index (Phi) is 3.95. The maximum Gasteiger partial charge on any atom is 0.336 e. The van der Waals surface area contributed by atoms with Crippen molar-refractivity contribution in [1.29, 1.82) is 0 Å². The number of methoxy groups -OCH3 is 1. The van der Waals surface area contributed by atoms with Gasteiger partial charge in [-0.2, -0.15) is 0 Å². The van der Waals surface area contributed by atoms with Crippen molar-refractivity contribution in [2.75, 3.05) is 13.7 Å². The zero-order chi connectivity index (χ0) is 13.1. The number of nitrogens with one attached hydrogen (secondary N) is 1. The minimum atomic E-state index is -1.33. The van der Waals surface area contributed by atoms with Crippen LogP contribution in [0.15, 0.2) is 17.5 Å². The maximum atomic E-state index is 11.8. The van der Waals surface area contributed by atoms with Crippen LogP contribution in [0.3, 0.4) is 0 Å². The second-order valence-electron chi connectivity index (χ2n) is 3.51. The van der Waals surface area contributed by atoms with Crippen LogP contribution in [-0.2, 0) is 9.53 Å². The fourth-order valence-corrected chi connectivity index (χ4v) is 3.40. The summed E-state index contributed by atoms with van der Waals surface area (Å²) in [5, 5.41) is 13.8. The lowest BCUT2D eigenvalue weighted by Gasteiger charge is -2.08. The smallest absolute Gasteiger partial charge is 0.336 e. The first-order valence-electron chi connectivity index (χ1n) is 5.13. The van der Waals surface area contributed by atoms with Crippen LogP contribution in [0.25, 0.3) is 9.40 Å².